The van der Waals surface area contributed by atoms with Crippen LogP contribution in [0, 0.1) is 5.41 Å². The minimum Gasteiger partial charge on any atom is -0.495 e. The van der Waals surface area contributed by atoms with Crippen molar-refractivity contribution in [3.63, 3.8) is 0 Å². The number of methoxy groups -OCH3 is 1. The predicted molar refractivity (Wildman–Crippen MR) is 97.5 cm³/mol. The van der Waals surface area contributed by atoms with Gasteiger partial charge in [0.05, 0.1) is 25.3 Å². The largest absolute Gasteiger partial charge is 0.495 e. The van der Waals surface area contributed by atoms with E-state index in [0.29, 0.717) is 17.4 Å². The number of rotatable bonds is 4. The summed E-state index contributed by atoms with van der Waals surface area (Å²) >= 11 is 6.25. The van der Waals surface area contributed by atoms with Crippen molar-refractivity contribution >= 4 is 11.6 Å². The molecule has 2 aliphatic rings. The zero-order valence-electron chi connectivity index (χ0n) is 14.2. The van der Waals surface area contributed by atoms with Crippen LogP contribution in [0.25, 0.3) is 0 Å². The number of para-hydroxylation sites is 1. The lowest BCUT2D eigenvalue weighted by molar-refractivity contribution is 0.0457. The third-order valence-electron chi connectivity index (χ3n) is 5.47. The normalized spacial score (nSPS) is 25.2. The van der Waals surface area contributed by atoms with E-state index in [2.05, 4.69) is 11.0 Å². The average Bonchev–Trinajstić information content (AvgIpc) is 3.01. The van der Waals surface area contributed by atoms with E-state index in [-0.39, 0.29) is 17.9 Å². The molecule has 2 heterocycles. The minimum absolute atomic E-state index is 0.131. The van der Waals surface area contributed by atoms with Gasteiger partial charge in [0.25, 0.3) is 0 Å². The SMILES string of the molecule is COc1ccc(CN2C[C@@H]3c4ccccc4OC[C@]3(CO)C2)cc1Cl. The van der Waals surface area contributed by atoms with Crippen molar-refractivity contribution in [2.75, 3.05) is 33.4 Å². The molecule has 0 unspecified atom stereocenters. The second-order valence-corrected chi connectivity index (χ2v) is 7.45. The Kier molecular flexibility index (Phi) is 4.36. The maximum absolute atomic E-state index is 10.1. The molecule has 4 nitrogen and oxygen atoms in total. The molecule has 1 fully saturated rings. The van der Waals surface area contributed by atoms with Gasteiger partial charge in [-0.1, -0.05) is 35.9 Å². The summed E-state index contributed by atoms with van der Waals surface area (Å²) in [6.45, 7) is 3.21. The Balaban J connectivity index is 1.58. The van der Waals surface area contributed by atoms with E-state index < -0.39 is 0 Å². The highest BCUT2D eigenvalue weighted by Crippen LogP contribution is 2.49. The van der Waals surface area contributed by atoms with Gasteiger partial charge in [-0.3, -0.25) is 4.90 Å². The van der Waals surface area contributed by atoms with Gasteiger partial charge in [0, 0.05) is 31.0 Å². The van der Waals surface area contributed by atoms with Crippen LogP contribution < -0.4 is 9.47 Å². The monoisotopic (exact) mass is 359 g/mol. The Morgan fingerprint density at radius 1 is 1.32 bits per heavy atom. The van der Waals surface area contributed by atoms with Crippen LogP contribution in [-0.4, -0.2) is 43.4 Å². The van der Waals surface area contributed by atoms with E-state index in [1.807, 2.05) is 36.4 Å². The highest BCUT2D eigenvalue weighted by Gasteiger charge is 2.50. The molecule has 1 N–H and O–H groups in total. The molecule has 0 amide bonds. The quantitative estimate of drug-likeness (QED) is 0.909. The zero-order chi connectivity index (χ0) is 17.4. The first kappa shape index (κ1) is 16.7. The number of likely N-dealkylation sites (tertiary alicyclic amines) is 1. The van der Waals surface area contributed by atoms with Gasteiger partial charge < -0.3 is 14.6 Å². The maximum Gasteiger partial charge on any atom is 0.137 e. The van der Waals surface area contributed by atoms with Crippen LogP contribution in [0.3, 0.4) is 0 Å². The van der Waals surface area contributed by atoms with E-state index in [9.17, 15) is 5.11 Å². The summed E-state index contributed by atoms with van der Waals surface area (Å²) in [4.78, 5) is 2.38. The topological polar surface area (TPSA) is 41.9 Å². The average molecular weight is 360 g/mol. The van der Waals surface area contributed by atoms with Gasteiger partial charge in [-0.15, -0.1) is 0 Å². The second-order valence-electron chi connectivity index (χ2n) is 7.04. The van der Waals surface area contributed by atoms with Crippen molar-refractivity contribution in [3.05, 3.63) is 58.6 Å². The van der Waals surface area contributed by atoms with Crippen LogP contribution in [0.5, 0.6) is 11.5 Å². The minimum atomic E-state index is -0.232. The van der Waals surface area contributed by atoms with Crippen LogP contribution in [0.2, 0.25) is 5.02 Å². The molecule has 0 aromatic heterocycles. The van der Waals surface area contributed by atoms with Crippen LogP contribution in [-0.2, 0) is 6.54 Å². The van der Waals surface area contributed by atoms with Crippen molar-refractivity contribution in [1.29, 1.82) is 0 Å². The molecule has 0 aliphatic carbocycles. The summed E-state index contributed by atoms with van der Waals surface area (Å²) in [5.74, 6) is 1.93. The lowest BCUT2D eigenvalue weighted by Crippen LogP contribution is -2.42. The fourth-order valence-corrected chi connectivity index (χ4v) is 4.44. The summed E-state index contributed by atoms with van der Waals surface area (Å²) in [6.07, 6.45) is 0. The van der Waals surface area contributed by atoms with E-state index in [1.165, 1.54) is 5.56 Å². The molecule has 132 valence electrons. The Bertz CT molecular complexity index is 781. The summed E-state index contributed by atoms with van der Waals surface area (Å²) in [5.41, 5.74) is 2.12. The number of fused-ring (bicyclic) bond motifs is 3. The lowest BCUT2D eigenvalue weighted by Gasteiger charge is -2.38. The lowest BCUT2D eigenvalue weighted by atomic mass is 9.74. The Hall–Kier alpha value is -1.75. The van der Waals surface area contributed by atoms with Gasteiger partial charge in [0.1, 0.15) is 11.5 Å². The molecule has 4 rings (SSSR count). The number of hydrogen-bond acceptors (Lipinski definition) is 4. The smallest absolute Gasteiger partial charge is 0.137 e. The Labute approximate surface area is 152 Å². The highest BCUT2D eigenvalue weighted by molar-refractivity contribution is 6.32. The number of halogens is 1. The van der Waals surface area contributed by atoms with Crippen molar-refractivity contribution in [2.45, 2.75) is 12.5 Å². The van der Waals surface area contributed by atoms with Gasteiger partial charge in [0.2, 0.25) is 0 Å². The van der Waals surface area contributed by atoms with Gasteiger partial charge in [-0.25, -0.2) is 0 Å². The van der Waals surface area contributed by atoms with Gasteiger partial charge in [0.15, 0.2) is 0 Å². The van der Waals surface area contributed by atoms with E-state index >= 15 is 0 Å². The Morgan fingerprint density at radius 2 is 2.16 bits per heavy atom. The first-order valence-corrected chi connectivity index (χ1v) is 8.90. The van der Waals surface area contributed by atoms with Gasteiger partial charge in [-0.05, 0) is 29.3 Å². The molecule has 1 saturated heterocycles. The molecule has 5 heteroatoms. The van der Waals surface area contributed by atoms with Crippen molar-refractivity contribution in [2.24, 2.45) is 5.41 Å². The molecular weight excluding hydrogens is 338 g/mol. The zero-order valence-corrected chi connectivity index (χ0v) is 15.0. The van der Waals surface area contributed by atoms with Crippen LogP contribution >= 0.6 is 11.6 Å². The molecule has 25 heavy (non-hydrogen) atoms. The first-order chi connectivity index (χ1) is 12.1. The number of hydrogen-bond donors (Lipinski definition) is 1. The third kappa shape index (κ3) is 2.88. The summed E-state index contributed by atoms with van der Waals surface area (Å²) in [5, 5.41) is 10.8. The fourth-order valence-electron chi connectivity index (χ4n) is 4.16. The molecule has 2 aromatic rings. The summed E-state index contributed by atoms with van der Waals surface area (Å²) in [6, 6.07) is 14.1. The molecule has 0 bridgehead atoms. The summed E-state index contributed by atoms with van der Waals surface area (Å²) < 4.78 is 11.2. The predicted octanol–water partition coefficient (Wildman–Crippen LogP) is 3.32. The standard InChI is InChI=1S/C20H22ClNO3/c1-24-19-7-6-14(8-17(19)21)9-22-10-16-15-4-2-3-5-18(15)25-13-20(16,11-22)12-23/h2-8,16,23H,9-13H2,1H3/t16-,20-/m1/s1. The molecule has 2 atom stereocenters. The van der Waals surface area contributed by atoms with Crippen LogP contribution in [0.1, 0.15) is 17.0 Å². The molecular formula is C20H22ClNO3. The number of aliphatic hydroxyl groups excluding tert-OH is 1. The first-order valence-electron chi connectivity index (χ1n) is 8.52. The van der Waals surface area contributed by atoms with Crippen LogP contribution in [0.4, 0.5) is 0 Å². The van der Waals surface area contributed by atoms with Crippen molar-refractivity contribution in [1.82, 2.24) is 4.90 Å². The number of nitrogens with zero attached hydrogens (tertiary/aromatic N) is 1. The number of aliphatic hydroxyl groups is 1. The number of ether oxygens (including phenoxy) is 2. The second kappa shape index (κ2) is 6.52. The maximum atomic E-state index is 10.1. The van der Waals surface area contributed by atoms with Crippen molar-refractivity contribution < 1.29 is 14.6 Å². The van der Waals surface area contributed by atoms with Gasteiger partial charge in [-0.2, -0.15) is 0 Å². The fraction of sp³-hybridized carbons (Fsp3) is 0.400. The molecule has 0 saturated carbocycles. The highest BCUT2D eigenvalue weighted by atomic mass is 35.5. The Morgan fingerprint density at radius 3 is 2.92 bits per heavy atom. The van der Waals surface area contributed by atoms with E-state index in [4.69, 9.17) is 21.1 Å². The molecule has 2 aromatic carbocycles. The third-order valence-corrected chi connectivity index (χ3v) is 5.76. The van der Waals surface area contributed by atoms with Crippen LogP contribution in [0.15, 0.2) is 42.5 Å². The van der Waals surface area contributed by atoms with E-state index in [1.54, 1.807) is 7.11 Å². The molecule has 0 spiro atoms. The van der Waals surface area contributed by atoms with Crippen molar-refractivity contribution in [3.8, 4) is 11.5 Å². The molecule has 0 radical (unpaired) electrons. The van der Waals surface area contributed by atoms with E-state index in [0.717, 1.165) is 30.9 Å². The summed E-state index contributed by atoms with van der Waals surface area (Å²) in [7, 11) is 1.62. The number of benzene rings is 2. The van der Waals surface area contributed by atoms with Gasteiger partial charge >= 0.3 is 0 Å². The molecule has 2 aliphatic heterocycles.